The fourth-order valence-corrected chi connectivity index (χ4v) is 2.54. The summed E-state index contributed by atoms with van der Waals surface area (Å²) in [6.45, 7) is 1.41. The summed E-state index contributed by atoms with van der Waals surface area (Å²) in [5.74, 6) is 0.673. The van der Waals surface area contributed by atoms with Crippen LogP contribution in [0.4, 0.5) is 13.2 Å². The van der Waals surface area contributed by atoms with Gasteiger partial charge < -0.3 is 4.74 Å². The van der Waals surface area contributed by atoms with E-state index in [1.807, 2.05) is 0 Å². The van der Waals surface area contributed by atoms with E-state index in [1.165, 1.54) is 6.92 Å². The third-order valence-electron chi connectivity index (χ3n) is 3.74. The van der Waals surface area contributed by atoms with Crippen molar-refractivity contribution in [3.05, 3.63) is 52.1 Å². The molecule has 0 saturated carbocycles. The standard InChI is InChI=1S/C16H14F3N3O2/c1-9-12(7-16(17,18)19)15(23)22-14(21-9)13(8-20-22)10-3-5-11(24-2)6-4-10/h3-6,8,20H,7H2,1-2H3. The van der Waals surface area contributed by atoms with Gasteiger partial charge in [0.05, 0.1) is 13.5 Å². The van der Waals surface area contributed by atoms with Crippen molar-refractivity contribution in [3.8, 4) is 16.9 Å². The van der Waals surface area contributed by atoms with E-state index >= 15 is 0 Å². The average Bonchev–Trinajstić information content (AvgIpc) is 2.94. The van der Waals surface area contributed by atoms with Gasteiger partial charge in [0.2, 0.25) is 0 Å². The minimum absolute atomic E-state index is 0.0756. The molecule has 0 amide bonds. The first-order valence-corrected chi connectivity index (χ1v) is 7.11. The lowest BCUT2D eigenvalue weighted by molar-refractivity contribution is -0.127. The SMILES string of the molecule is COc1ccc(-c2c[nH]n3c(=O)c(CC(F)(F)F)c(C)nc23)cc1. The van der Waals surface area contributed by atoms with Crippen LogP contribution in [-0.4, -0.2) is 27.9 Å². The van der Waals surface area contributed by atoms with Crippen molar-refractivity contribution in [2.75, 3.05) is 7.11 Å². The predicted octanol–water partition coefficient (Wildman–Crippen LogP) is 3.11. The Balaban J connectivity index is 2.15. The maximum atomic E-state index is 12.6. The van der Waals surface area contributed by atoms with Crippen molar-refractivity contribution in [2.45, 2.75) is 19.5 Å². The molecule has 0 bridgehead atoms. The first-order valence-electron chi connectivity index (χ1n) is 7.11. The number of fused-ring (bicyclic) bond motifs is 1. The van der Waals surface area contributed by atoms with E-state index in [2.05, 4.69) is 10.1 Å². The Kier molecular flexibility index (Phi) is 3.82. The highest BCUT2D eigenvalue weighted by Crippen LogP contribution is 2.26. The smallest absolute Gasteiger partial charge is 0.393 e. The molecular weight excluding hydrogens is 323 g/mol. The number of methoxy groups -OCH3 is 1. The molecule has 0 fully saturated rings. The molecule has 2 aromatic heterocycles. The van der Waals surface area contributed by atoms with Crippen LogP contribution in [0, 0.1) is 6.92 Å². The van der Waals surface area contributed by atoms with E-state index in [0.29, 0.717) is 11.3 Å². The van der Waals surface area contributed by atoms with Crippen LogP contribution in [0.25, 0.3) is 16.8 Å². The van der Waals surface area contributed by atoms with Crippen LogP contribution in [-0.2, 0) is 6.42 Å². The van der Waals surface area contributed by atoms with Crippen molar-refractivity contribution in [2.24, 2.45) is 0 Å². The van der Waals surface area contributed by atoms with Gasteiger partial charge in [-0.25, -0.2) is 9.50 Å². The van der Waals surface area contributed by atoms with Gasteiger partial charge in [-0.2, -0.15) is 13.2 Å². The number of nitrogens with zero attached hydrogens (tertiary/aromatic N) is 2. The van der Waals surface area contributed by atoms with Crippen LogP contribution < -0.4 is 10.3 Å². The molecule has 2 heterocycles. The van der Waals surface area contributed by atoms with Crippen molar-refractivity contribution >= 4 is 5.65 Å². The van der Waals surface area contributed by atoms with Crippen LogP contribution >= 0.6 is 0 Å². The number of hydrogen-bond donors (Lipinski definition) is 1. The molecule has 126 valence electrons. The molecule has 1 aromatic carbocycles. The van der Waals surface area contributed by atoms with Gasteiger partial charge in [0.1, 0.15) is 5.75 Å². The molecule has 0 atom stereocenters. The maximum Gasteiger partial charge on any atom is 0.393 e. The molecule has 0 aliphatic heterocycles. The molecule has 0 unspecified atom stereocenters. The van der Waals surface area contributed by atoms with Crippen LogP contribution in [0.3, 0.4) is 0 Å². The minimum Gasteiger partial charge on any atom is -0.497 e. The summed E-state index contributed by atoms with van der Waals surface area (Å²) in [5, 5.41) is 2.68. The van der Waals surface area contributed by atoms with Gasteiger partial charge in [0, 0.05) is 23.0 Å². The number of rotatable bonds is 3. The molecule has 0 aliphatic carbocycles. The Morgan fingerprint density at radius 3 is 2.50 bits per heavy atom. The van der Waals surface area contributed by atoms with Crippen LogP contribution in [0.2, 0.25) is 0 Å². The molecule has 3 aromatic rings. The second-order valence-corrected chi connectivity index (χ2v) is 5.35. The summed E-state index contributed by atoms with van der Waals surface area (Å²) in [6, 6.07) is 7.07. The van der Waals surface area contributed by atoms with Crippen LogP contribution in [0.5, 0.6) is 5.75 Å². The van der Waals surface area contributed by atoms with Crippen molar-refractivity contribution in [1.29, 1.82) is 0 Å². The third kappa shape index (κ3) is 2.86. The Hall–Kier alpha value is -2.77. The van der Waals surface area contributed by atoms with Gasteiger partial charge >= 0.3 is 6.18 Å². The summed E-state index contributed by atoms with van der Waals surface area (Å²) in [6.07, 6.45) is -4.22. The second kappa shape index (κ2) is 5.70. The van der Waals surface area contributed by atoms with E-state index in [9.17, 15) is 18.0 Å². The number of halogens is 3. The molecule has 8 heteroatoms. The van der Waals surface area contributed by atoms with Gasteiger partial charge in [-0.05, 0) is 24.6 Å². The normalized spacial score (nSPS) is 11.9. The van der Waals surface area contributed by atoms with E-state index in [0.717, 1.165) is 10.1 Å². The number of nitrogens with one attached hydrogen (secondary N) is 1. The Labute approximate surface area is 134 Å². The molecule has 0 radical (unpaired) electrons. The highest BCUT2D eigenvalue weighted by Gasteiger charge is 2.31. The molecule has 24 heavy (non-hydrogen) atoms. The Morgan fingerprint density at radius 1 is 1.25 bits per heavy atom. The molecule has 1 N–H and O–H groups in total. The number of alkyl halides is 3. The van der Waals surface area contributed by atoms with E-state index in [1.54, 1.807) is 37.6 Å². The average molecular weight is 337 g/mol. The summed E-state index contributed by atoms with van der Waals surface area (Å²) in [7, 11) is 1.55. The van der Waals surface area contributed by atoms with Gasteiger partial charge in [-0.1, -0.05) is 12.1 Å². The summed E-state index contributed by atoms with van der Waals surface area (Å²) < 4.78 is 44.1. The van der Waals surface area contributed by atoms with E-state index in [4.69, 9.17) is 4.74 Å². The number of ether oxygens (including phenoxy) is 1. The number of aromatic nitrogens is 3. The highest BCUT2D eigenvalue weighted by molar-refractivity contribution is 5.77. The monoisotopic (exact) mass is 337 g/mol. The van der Waals surface area contributed by atoms with Crippen molar-refractivity contribution in [3.63, 3.8) is 0 Å². The first-order chi connectivity index (χ1) is 11.3. The van der Waals surface area contributed by atoms with Gasteiger partial charge in [0.25, 0.3) is 5.56 Å². The zero-order valence-corrected chi connectivity index (χ0v) is 12.9. The molecule has 3 rings (SSSR count). The van der Waals surface area contributed by atoms with Gasteiger partial charge in [-0.3, -0.25) is 9.89 Å². The summed E-state index contributed by atoms with van der Waals surface area (Å²) in [4.78, 5) is 16.5. The van der Waals surface area contributed by atoms with E-state index < -0.39 is 18.2 Å². The molecule has 0 spiro atoms. The lowest BCUT2D eigenvalue weighted by Crippen LogP contribution is -2.26. The fourth-order valence-electron chi connectivity index (χ4n) is 2.54. The Morgan fingerprint density at radius 2 is 1.92 bits per heavy atom. The zero-order valence-electron chi connectivity index (χ0n) is 12.9. The van der Waals surface area contributed by atoms with Crippen LogP contribution in [0.15, 0.2) is 35.3 Å². The van der Waals surface area contributed by atoms with Crippen molar-refractivity contribution < 1.29 is 17.9 Å². The quantitative estimate of drug-likeness (QED) is 0.799. The number of benzene rings is 1. The molecule has 0 saturated heterocycles. The highest BCUT2D eigenvalue weighted by atomic mass is 19.4. The fraction of sp³-hybridized carbons (Fsp3) is 0.250. The first kappa shape index (κ1) is 16.1. The third-order valence-corrected chi connectivity index (χ3v) is 3.74. The minimum atomic E-state index is -4.47. The largest absolute Gasteiger partial charge is 0.497 e. The van der Waals surface area contributed by atoms with Gasteiger partial charge in [0.15, 0.2) is 5.65 Å². The number of aromatic amines is 1. The molecular formula is C16H14F3N3O2. The van der Waals surface area contributed by atoms with E-state index in [-0.39, 0.29) is 16.9 Å². The molecule has 5 nitrogen and oxygen atoms in total. The predicted molar refractivity (Wildman–Crippen MR) is 82.3 cm³/mol. The number of aryl methyl sites for hydroxylation is 1. The maximum absolute atomic E-state index is 12.6. The number of hydrogen-bond acceptors (Lipinski definition) is 3. The lowest BCUT2D eigenvalue weighted by Gasteiger charge is -2.09. The van der Waals surface area contributed by atoms with Crippen LogP contribution in [0.1, 0.15) is 11.3 Å². The Bertz CT molecular complexity index is 940. The zero-order chi connectivity index (χ0) is 17.5. The topological polar surface area (TPSA) is 59.4 Å². The summed E-state index contributed by atoms with van der Waals surface area (Å²) >= 11 is 0. The van der Waals surface area contributed by atoms with Gasteiger partial charge in [-0.15, -0.1) is 0 Å². The summed E-state index contributed by atoms with van der Waals surface area (Å²) in [5.41, 5.74) is 0.652. The number of H-pyrrole nitrogens is 1. The molecule has 0 aliphatic rings. The van der Waals surface area contributed by atoms with Crippen molar-refractivity contribution in [1.82, 2.24) is 14.6 Å². The second-order valence-electron chi connectivity index (χ2n) is 5.35. The lowest BCUT2D eigenvalue weighted by atomic mass is 10.1.